The Morgan fingerprint density at radius 1 is 1.17 bits per heavy atom. The minimum absolute atomic E-state index is 0.116. The summed E-state index contributed by atoms with van der Waals surface area (Å²) in [6.07, 6.45) is 0. The quantitative estimate of drug-likeness (QED) is 0.813. The molecular weight excluding hydrogens is 290 g/mol. The Bertz CT molecular complexity index is 620. The number of hydrogen-bond donors (Lipinski definition) is 1. The van der Waals surface area contributed by atoms with Crippen LogP contribution in [0.1, 0.15) is 29.4 Å². The molecule has 126 valence electrons. The molecule has 0 unspecified atom stereocenters. The zero-order valence-electron chi connectivity index (χ0n) is 14.5. The van der Waals surface area contributed by atoms with E-state index in [1.165, 1.54) is 11.1 Å². The maximum atomic E-state index is 9.13. The van der Waals surface area contributed by atoms with Gasteiger partial charge in [0.25, 0.3) is 0 Å². The van der Waals surface area contributed by atoms with E-state index in [2.05, 4.69) is 36.0 Å². The Hall–Kier alpha value is -1.85. The molecule has 0 radical (unpaired) electrons. The normalized spacial score (nSPS) is 11.2. The van der Waals surface area contributed by atoms with Crippen LogP contribution in [0.3, 0.4) is 0 Å². The first-order valence-corrected chi connectivity index (χ1v) is 8.08. The predicted molar refractivity (Wildman–Crippen MR) is 91.6 cm³/mol. The Morgan fingerprint density at radius 2 is 1.87 bits per heavy atom. The van der Waals surface area contributed by atoms with Crippen LogP contribution in [0.5, 0.6) is 5.75 Å². The topological polar surface area (TPSA) is 50.5 Å². The fraction of sp³-hybridized carbons (Fsp3) is 0.500. The lowest BCUT2D eigenvalue weighted by atomic mass is 10.1. The minimum Gasteiger partial charge on any atom is -0.497 e. The van der Waals surface area contributed by atoms with E-state index in [0.29, 0.717) is 6.54 Å². The molecule has 0 saturated heterocycles. The summed E-state index contributed by atoms with van der Waals surface area (Å²) in [5.41, 5.74) is 4.72. The summed E-state index contributed by atoms with van der Waals surface area (Å²) in [7, 11) is 1.68. The zero-order chi connectivity index (χ0) is 16.8. The van der Waals surface area contributed by atoms with Crippen molar-refractivity contribution >= 4 is 0 Å². The molecule has 0 saturated carbocycles. The van der Waals surface area contributed by atoms with E-state index in [0.717, 1.165) is 36.8 Å². The number of methoxy groups -OCH3 is 1. The van der Waals surface area contributed by atoms with Gasteiger partial charge >= 0.3 is 0 Å². The molecular formula is C18H27N3O2. The van der Waals surface area contributed by atoms with E-state index in [1.807, 2.05) is 23.7 Å². The van der Waals surface area contributed by atoms with Gasteiger partial charge in [0.1, 0.15) is 5.75 Å². The van der Waals surface area contributed by atoms with Gasteiger partial charge in [-0.2, -0.15) is 5.10 Å². The molecule has 0 atom stereocenters. The van der Waals surface area contributed by atoms with Crippen molar-refractivity contribution in [3.05, 3.63) is 46.8 Å². The summed E-state index contributed by atoms with van der Waals surface area (Å²) in [6.45, 7) is 9.68. The van der Waals surface area contributed by atoms with E-state index in [-0.39, 0.29) is 6.61 Å². The molecule has 0 aliphatic rings. The third kappa shape index (κ3) is 4.33. The zero-order valence-corrected chi connectivity index (χ0v) is 14.5. The van der Waals surface area contributed by atoms with Crippen LogP contribution < -0.4 is 4.74 Å². The van der Waals surface area contributed by atoms with Crippen LogP contribution in [0.2, 0.25) is 0 Å². The highest BCUT2D eigenvalue weighted by atomic mass is 16.5. The number of ether oxygens (including phenoxy) is 1. The Kier molecular flexibility index (Phi) is 6.19. The highest BCUT2D eigenvalue weighted by molar-refractivity contribution is 5.28. The summed E-state index contributed by atoms with van der Waals surface area (Å²) >= 11 is 0. The van der Waals surface area contributed by atoms with Gasteiger partial charge in [-0.15, -0.1) is 0 Å². The fourth-order valence-corrected chi connectivity index (χ4v) is 2.77. The van der Waals surface area contributed by atoms with Crippen molar-refractivity contribution < 1.29 is 9.84 Å². The van der Waals surface area contributed by atoms with Crippen molar-refractivity contribution in [1.82, 2.24) is 14.7 Å². The molecule has 5 nitrogen and oxygen atoms in total. The van der Waals surface area contributed by atoms with Gasteiger partial charge in [-0.05, 0) is 38.1 Å². The number of aliphatic hydroxyl groups is 1. The molecule has 23 heavy (non-hydrogen) atoms. The molecule has 0 aliphatic heterocycles. The number of hydrogen-bond acceptors (Lipinski definition) is 4. The van der Waals surface area contributed by atoms with Crippen LogP contribution in [0, 0.1) is 13.8 Å². The summed E-state index contributed by atoms with van der Waals surface area (Å²) in [5.74, 6) is 0.883. The first-order chi connectivity index (χ1) is 11.1. The maximum absolute atomic E-state index is 9.13. The molecule has 0 aliphatic carbocycles. The Morgan fingerprint density at radius 3 is 2.43 bits per heavy atom. The van der Waals surface area contributed by atoms with E-state index in [9.17, 15) is 0 Å². The number of aliphatic hydroxyl groups excluding tert-OH is 1. The molecule has 0 fully saturated rings. The van der Waals surface area contributed by atoms with Crippen LogP contribution in [-0.4, -0.2) is 40.0 Å². The Labute approximate surface area is 138 Å². The second-order valence-electron chi connectivity index (χ2n) is 5.75. The van der Waals surface area contributed by atoms with Crippen molar-refractivity contribution in [3.8, 4) is 5.75 Å². The van der Waals surface area contributed by atoms with Crippen molar-refractivity contribution in [2.45, 2.75) is 40.4 Å². The average Bonchev–Trinajstić information content (AvgIpc) is 2.82. The van der Waals surface area contributed by atoms with Crippen molar-refractivity contribution in [1.29, 1.82) is 0 Å². The van der Waals surface area contributed by atoms with Crippen molar-refractivity contribution in [3.63, 3.8) is 0 Å². The predicted octanol–water partition coefficient (Wildman–Crippen LogP) is 2.52. The van der Waals surface area contributed by atoms with E-state index < -0.39 is 0 Å². The van der Waals surface area contributed by atoms with Gasteiger partial charge in [-0.25, -0.2) is 0 Å². The fourth-order valence-electron chi connectivity index (χ4n) is 2.77. The monoisotopic (exact) mass is 317 g/mol. The van der Waals surface area contributed by atoms with E-state index in [4.69, 9.17) is 9.84 Å². The van der Waals surface area contributed by atoms with Crippen LogP contribution in [0.15, 0.2) is 24.3 Å². The lowest BCUT2D eigenvalue weighted by molar-refractivity contribution is 0.264. The molecule has 0 spiro atoms. The van der Waals surface area contributed by atoms with Crippen molar-refractivity contribution in [2.24, 2.45) is 0 Å². The largest absolute Gasteiger partial charge is 0.497 e. The molecule has 5 heteroatoms. The third-order valence-electron chi connectivity index (χ3n) is 4.24. The molecule has 0 amide bonds. The number of rotatable bonds is 8. The van der Waals surface area contributed by atoms with E-state index >= 15 is 0 Å². The van der Waals surface area contributed by atoms with Gasteiger partial charge in [0, 0.05) is 24.3 Å². The van der Waals surface area contributed by atoms with E-state index in [1.54, 1.807) is 7.11 Å². The highest BCUT2D eigenvalue weighted by Crippen LogP contribution is 2.18. The second-order valence-corrected chi connectivity index (χ2v) is 5.75. The molecule has 1 aromatic carbocycles. The molecule has 1 heterocycles. The number of aryl methyl sites for hydroxylation is 1. The first kappa shape index (κ1) is 17.5. The second kappa shape index (κ2) is 8.13. The average molecular weight is 317 g/mol. The van der Waals surface area contributed by atoms with Crippen LogP contribution in [-0.2, 0) is 19.6 Å². The van der Waals surface area contributed by atoms with Gasteiger partial charge in [0.2, 0.25) is 0 Å². The van der Waals surface area contributed by atoms with Gasteiger partial charge in [0.15, 0.2) is 0 Å². The van der Waals surface area contributed by atoms with Gasteiger partial charge < -0.3 is 9.84 Å². The molecule has 1 aromatic heterocycles. The molecule has 2 rings (SSSR count). The maximum Gasteiger partial charge on any atom is 0.118 e. The number of benzene rings is 1. The SMILES string of the molecule is CCN(Cc1ccc(OC)cc1)Cc1c(C)nn(CCO)c1C. The first-order valence-electron chi connectivity index (χ1n) is 8.08. The van der Waals surface area contributed by atoms with Gasteiger partial charge in [-0.3, -0.25) is 9.58 Å². The van der Waals surface area contributed by atoms with Crippen LogP contribution in [0.4, 0.5) is 0 Å². The lowest BCUT2D eigenvalue weighted by Gasteiger charge is -2.21. The number of aromatic nitrogens is 2. The summed E-state index contributed by atoms with van der Waals surface area (Å²) in [5, 5.41) is 13.7. The summed E-state index contributed by atoms with van der Waals surface area (Å²) in [4.78, 5) is 2.39. The lowest BCUT2D eigenvalue weighted by Crippen LogP contribution is -2.23. The molecule has 0 bridgehead atoms. The van der Waals surface area contributed by atoms with Gasteiger partial charge in [-0.1, -0.05) is 19.1 Å². The standard InChI is InChI=1S/C18H27N3O2/c1-5-20(12-16-6-8-17(23-4)9-7-16)13-18-14(2)19-21(10-11-22)15(18)3/h6-9,22H,5,10-13H2,1-4H3. The summed E-state index contributed by atoms with van der Waals surface area (Å²) in [6, 6.07) is 8.21. The number of nitrogens with zero attached hydrogens (tertiary/aromatic N) is 3. The molecule has 2 aromatic rings. The Balaban J connectivity index is 2.09. The molecule has 1 N–H and O–H groups in total. The van der Waals surface area contributed by atoms with Gasteiger partial charge in [0.05, 0.1) is 26.0 Å². The highest BCUT2D eigenvalue weighted by Gasteiger charge is 2.14. The summed E-state index contributed by atoms with van der Waals surface area (Å²) < 4.78 is 7.10. The smallest absolute Gasteiger partial charge is 0.118 e. The van der Waals surface area contributed by atoms with Crippen molar-refractivity contribution in [2.75, 3.05) is 20.3 Å². The van der Waals surface area contributed by atoms with Crippen LogP contribution in [0.25, 0.3) is 0 Å². The third-order valence-corrected chi connectivity index (χ3v) is 4.24. The minimum atomic E-state index is 0.116. The van der Waals surface area contributed by atoms with Crippen LogP contribution >= 0.6 is 0 Å².